The molecule has 1 rings (SSSR count). The van der Waals surface area contributed by atoms with Gasteiger partial charge in [-0.05, 0) is 33.1 Å². The first-order valence-corrected chi connectivity index (χ1v) is 7.72. The van der Waals surface area contributed by atoms with Crippen LogP contribution in [0.3, 0.4) is 0 Å². The lowest BCUT2D eigenvalue weighted by molar-refractivity contribution is 0.400. The van der Waals surface area contributed by atoms with Crippen LogP contribution in [0, 0.1) is 11.8 Å². The number of pyridine rings is 1. The van der Waals surface area contributed by atoms with E-state index in [9.17, 15) is 8.42 Å². The summed E-state index contributed by atoms with van der Waals surface area (Å²) < 4.78 is 26.7. The summed E-state index contributed by atoms with van der Waals surface area (Å²) in [4.78, 5) is 6.01. The third kappa shape index (κ3) is 5.67. The normalized spacial score (nSPS) is 11.2. The molecule has 0 aliphatic heterocycles. The topological polar surface area (TPSA) is 88.3 Å². The van der Waals surface area contributed by atoms with E-state index in [1.54, 1.807) is 0 Å². The highest BCUT2D eigenvalue weighted by Crippen LogP contribution is 2.08. The first kappa shape index (κ1) is 16.6. The average Bonchev–Trinajstić information content (AvgIpc) is 2.41. The van der Waals surface area contributed by atoms with Crippen LogP contribution in [0.25, 0.3) is 0 Å². The van der Waals surface area contributed by atoms with E-state index in [1.165, 1.54) is 18.5 Å². The number of nitrogens with one attached hydrogen (secondary N) is 1. The van der Waals surface area contributed by atoms with Crippen molar-refractivity contribution in [3.05, 3.63) is 24.0 Å². The van der Waals surface area contributed by atoms with Gasteiger partial charge in [-0.25, -0.2) is 13.1 Å². The fourth-order valence-electron chi connectivity index (χ4n) is 1.47. The zero-order chi connectivity index (χ0) is 15.0. The summed E-state index contributed by atoms with van der Waals surface area (Å²) in [5.74, 6) is 5.43. The summed E-state index contributed by atoms with van der Waals surface area (Å²) in [5.41, 5.74) is 5.81. The zero-order valence-electron chi connectivity index (χ0n) is 11.8. The Labute approximate surface area is 120 Å². The van der Waals surface area contributed by atoms with Gasteiger partial charge in [-0.15, -0.1) is 0 Å². The Morgan fingerprint density at radius 3 is 2.80 bits per heavy atom. The summed E-state index contributed by atoms with van der Waals surface area (Å²) in [7, 11) is 0.349. The van der Waals surface area contributed by atoms with E-state index in [2.05, 4.69) is 21.5 Å². The van der Waals surface area contributed by atoms with Crippen molar-refractivity contribution in [3.8, 4) is 11.8 Å². The van der Waals surface area contributed by atoms with E-state index >= 15 is 0 Å². The van der Waals surface area contributed by atoms with Crippen molar-refractivity contribution in [1.82, 2.24) is 14.6 Å². The first-order valence-electron chi connectivity index (χ1n) is 6.24. The number of nitrogens with two attached hydrogens (primary N) is 1. The zero-order valence-corrected chi connectivity index (χ0v) is 12.6. The van der Waals surface area contributed by atoms with E-state index in [1.807, 2.05) is 19.0 Å². The monoisotopic (exact) mass is 296 g/mol. The van der Waals surface area contributed by atoms with Crippen LogP contribution < -0.4 is 10.5 Å². The van der Waals surface area contributed by atoms with E-state index in [0.717, 1.165) is 13.0 Å². The highest BCUT2D eigenvalue weighted by Gasteiger charge is 2.13. The second-order valence-corrected chi connectivity index (χ2v) is 6.24. The van der Waals surface area contributed by atoms with Gasteiger partial charge >= 0.3 is 0 Å². The highest BCUT2D eigenvalue weighted by molar-refractivity contribution is 7.89. The van der Waals surface area contributed by atoms with Crippen LogP contribution in [0.15, 0.2) is 23.4 Å². The lowest BCUT2D eigenvalue weighted by Gasteiger charge is -2.10. The van der Waals surface area contributed by atoms with Crippen LogP contribution in [0.5, 0.6) is 0 Å². The molecule has 0 aliphatic carbocycles. The molecule has 0 saturated carbocycles. The van der Waals surface area contributed by atoms with Crippen LogP contribution in [0.2, 0.25) is 0 Å². The van der Waals surface area contributed by atoms with E-state index < -0.39 is 10.0 Å². The van der Waals surface area contributed by atoms with E-state index in [0.29, 0.717) is 12.1 Å². The third-order valence-electron chi connectivity index (χ3n) is 2.43. The molecule has 1 aromatic rings. The molecule has 1 heterocycles. The Morgan fingerprint density at radius 1 is 1.40 bits per heavy atom. The molecule has 0 bridgehead atoms. The van der Waals surface area contributed by atoms with Gasteiger partial charge in [0.1, 0.15) is 4.90 Å². The van der Waals surface area contributed by atoms with Gasteiger partial charge in [0.25, 0.3) is 0 Å². The minimum atomic E-state index is -3.54. The Kier molecular flexibility index (Phi) is 6.61. The first-order chi connectivity index (χ1) is 9.45. The molecule has 0 fully saturated rings. The minimum Gasteiger partial charge on any atom is -0.320 e. The van der Waals surface area contributed by atoms with Crippen molar-refractivity contribution in [1.29, 1.82) is 0 Å². The molecule has 0 amide bonds. The van der Waals surface area contributed by atoms with Gasteiger partial charge in [0, 0.05) is 24.5 Å². The molecule has 7 heteroatoms. The summed E-state index contributed by atoms with van der Waals surface area (Å²) in [5, 5.41) is 0. The lowest BCUT2D eigenvalue weighted by atomic mass is 10.3. The molecule has 0 aliphatic rings. The Morgan fingerprint density at radius 2 is 2.15 bits per heavy atom. The van der Waals surface area contributed by atoms with Crippen LogP contribution in [0.1, 0.15) is 12.0 Å². The van der Waals surface area contributed by atoms with Gasteiger partial charge in [0.05, 0.1) is 6.54 Å². The van der Waals surface area contributed by atoms with Crippen molar-refractivity contribution in [2.75, 3.05) is 33.7 Å². The van der Waals surface area contributed by atoms with Crippen LogP contribution in [-0.2, 0) is 10.0 Å². The van der Waals surface area contributed by atoms with Gasteiger partial charge in [-0.3, -0.25) is 4.98 Å². The van der Waals surface area contributed by atoms with Crippen molar-refractivity contribution in [2.45, 2.75) is 11.3 Å². The van der Waals surface area contributed by atoms with Crippen LogP contribution in [-0.4, -0.2) is 52.0 Å². The molecule has 0 radical (unpaired) electrons. The molecular formula is C13H20N4O2S. The van der Waals surface area contributed by atoms with Crippen molar-refractivity contribution in [2.24, 2.45) is 5.73 Å². The highest BCUT2D eigenvalue weighted by atomic mass is 32.2. The molecule has 0 unspecified atom stereocenters. The molecule has 110 valence electrons. The molecule has 20 heavy (non-hydrogen) atoms. The molecule has 0 saturated heterocycles. The number of sulfonamides is 1. The summed E-state index contributed by atoms with van der Waals surface area (Å²) >= 11 is 0. The summed E-state index contributed by atoms with van der Waals surface area (Å²) in [6.45, 7) is 1.43. The van der Waals surface area contributed by atoms with Gasteiger partial charge < -0.3 is 10.6 Å². The molecule has 0 spiro atoms. The fourth-order valence-corrected chi connectivity index (χ4v) is 2.53. The second kappa shape index (κ2) is 7.97. The molecule has 6 nitrogen and oxygen atoms in total. The molecule has 1 aromatic heterocycles. The largest absolute Gasteiger partial charge is 0.320 e. The molecule has 0 aromatic carbocycles. The smallest absolute Gasteiger partial charge is 0.242 e. The summed E-state index contributed by atoms with van der Waals surface area (Å²) in [6.07, 6.45) is 3.56. The van der Waals surface area contributed by atoms with Gasteiger partial charge in [-0.2, -0.15) is 0 Å². The van der Waals surface area contributed by atoms with Crippen LogP contribution in [0.4, 0.5) is 0 Å². The number of rotatable bonds is 6. The number of hydrogen-bond donors (Lipinski definition) is 2. The Bertz CT molecular complexity index is 588. The van der Waals surface area contributed by atoms with Crippen LogP contribution >= 0.6 is 0 Å². The second-order valence-electron chi connectivity index (χ2n) is 4.47. The van der Waals surface area contributed by atoms with Crippen molar-refractivity contribution < 1.29 is 8.42 Å². The predicted octanol–water partition coefficient (Wildman–Crippen LogP) is -0.378. The van der Waals surface area contributed by atoms with Gasteiger partial charge in [0.15, 0.2) is 0 Å². The Balaban J connectivity index is 2.72. The Hall–Kier alpha value is -1.46. The lowest BCUT2D eigenvalue weighted by Crippen LogP contribution is -2.27. The maximum Gasteiger partial charge on any atom is 0.242 e. The van der Waals surface area contributed by atoms with E-state index in [-0.39, 0.29) is 11.4 Å². The van der Waals surface area contributed by atoms with Gasteiger partial charge in [-0.1, -0.05) is 11.8 Å². The van der Waals surface area contributed by atoms with Crippen molar-refractivity contribution in [3.63, 3.8) is 0 Å². The summed E-state index contributed by atoms with van der Waals surface area (Å²) in [6, 6.07) is 1.49. The molecule has 3 N–H and O–H groups in total. The molecule has 0 atom stereocenters. The molecular weight excluding hydrogens is 276 g/mol. The SMILES string of the molecule is CN(C)CCCNS(=O)(=O)c1cncc(C#CCN)c1. The van der Waals surface area contributed by atoms with Crippen molar-refractivity contribution >= 4 is 10.0 Å². The fraction of sp³-hybridized carbons (Fsp3) is 0.462. The predicted molar refractivity (Wildman–Crippen MR) is 78.5 cm³/mol. The third-order valence-corrected chi connectivity index (χ3v) is 3.86. The average molecular weight is 296 g/mol. The van der Waals surface area contributed by atoms with E-state index in [4.69, 9.17) is 5.73 Å². The standard InChI is InChI=1S/C13H20N4O2S/c1-17(2)8-4-7-16-20(18,19)13-9-12(5-3-6-14)10-15-11-13/h9-11,16H,4,6-8,14H2,1-2H3. The number of aromatic nitrogens is 1. The number of nitrogens with zero attached hydrogens (tertiary/aromatic N) is 2. The quantitative estimate of drug-likeness (QED) is 0.552. The number of hydrogen-bond acceptors (Lipinski definition) is 5. The maximum absolute atomic E-state index is 12.1. The minimum absolute atomic E-state index is 0.117. The maximum atomic E-state index is 12.1. The van der Waals surface area contributed by atoms with Gasteiger partial charge in [0.2, 0.25) is 10.0 Å².